The summed E-state index contributed by atoms with van der Waals surface area (Å²) in [6.07, 6.45) is 3.94. The average molecular weight is 450 g/mol. The lowest BCUT2D eigenvalue weighted by Crippen LogP contribution is -2.46. The van der Waals surface area contributed by atoms with Crippen LogP contribution in [-0.2, 0) is 11.3 Å². The lowest BCUT2D eigenvalue weighted by Gasteiger charge is -2.36. The summed E-state index contributed by atoms with van der Waals surface area (Å²) in [5.41, 5.74) is 2.33. The Balaban J connectivity index is 1.38. The van der Waals surface area contributed by atoms with Crippen LogP contribution in [0.5, 0.6) is 0 Å². The number of carbonyl (C=O) groups excluding carboxylic acids is 3. The van der Waals surface area contributed by atoms with Gasteiger partial charge in [-0.15, -0.1) is 0 Å². The smallest absolute Gasteiger partial charge is 0.261 e. The number of carbonyl (C=O) groups is 3. The number of amides is 3. The van der Waals surface area contributed by atoms with Gasteiger partial charge < -0.3 is 10.1 Å². The Hall–Kier alpha value is -3.03. The number of hydrogen-bond donors (Lipinski definition) is 1. The largest absolute Gasteiger partial charge is 0.385 e. The molecule has 2 aliphatic heterocycles. The Morgan fingerprint density at radius 3 is 2.64 bits per heavy atom. The number of likely N-dealkylation sites (tertiary alicyclic amines) is 1. The molecule has 4 rings (SSSR count). The number of ether oxygens (including phenoxy) is 1. The van der Waals surface area contributed by atoms with Crippen LogP contribution in [0.25, 0.3) is 0 Å². The van der Waals surface area contributed by atoms with Gasteiger partial charge >= 0.3 is 0 Å². The molecule has 0 aromatic heterocycles. The van der Waals surface area contributed by atoms with Gasteiger partial charge in [0.2, 0.25) is 0 Å². The second-order valence-corrected chi connectivity index (χ2v) is 8.68. The van der Waals surface area contributed by atoms with Crippen molar-refractivity contribution in [3.8, 4) is 0 Å². The van der Waals surface area contributed by atoms with E-state index in [1.807, 2.05) is 6.07 Å². The Labute approximate surface area is 194 Å². The van der Waals surface area contributed by atoms with E-state index in [2.05, 4.69) is 34.5 Å². The lowest BCUT2D eigenvalue weighted by molar-refractivity contribution is 0.0638. The fourth-order valence-electron chi connectivity index (χ4n) is 4.63. The molecule has 2 aromatic rings. The van der Waals surface area contributed by atoms with Gasteiger partial charge in [-0.25, -0.2) is 0 Å². The average Bonchev–Trinajstić information content (AvgIpc) is 3.08. The second-order valence-electron chi connectivity index (χ2n) is 8.68. The summed E-state index contributed by atoms with van der Waals surface area (Å²) in [4.78, 5) is 41.8. The second kappa shape index (κ2) is 10.7. The van der Waals surface area contributed by atoms with Gasteiger partial charge in [-0.2, -0.15) is 0 Å². The maximum atomic E-state index is 12.9. The molecule has 0 radical (unpaired) electrons. The molecule has 1 saturated heterocycles. The molecule has 0 bridgehead atoms. The first kappa shape index (κ1) is 23.1. The number of rotatable bonds is 9. The Bertz CT molecular complexity index is 1010. The Morgan fingerprint density at radius 1 is 1.06 bits per heavy atom. The van der Waals surface area contributed by atoms with Gasteiger partial charge in [-0.1, -0.05) is 36.8 Å². The van der Waals surface area contributed by atoms with Crippen molar-refractivity contribution in [1.29, 1.82) is 0 Å². The summed E-state index contributed by atoms with van der Waals surface area (Å²) < 4.78 is 5.01. The van der Waals surface area contributed by atoms with Crippen molar-refractivity contribution in [3.63, 3.8) is 0 Å². The zero-order valence-electron chi connectivity index (χ0n) is 19.1. The highest BCUT2D eigenvalue weighted by atomic mass is 16.5. The predicted molar refractivity (Wildman–Crippen MR) is 125 cm³/mol. The molecule has 7 nitrogen and oxygen atoms in total. The normalized spacial score (nSPS) is 18.5. The molecule has 0 spiro atoms. The maximum absolute atomic E-state index is 12.9. The molecule has 2 aromatic carbocycles. The van der Waals surface area contributed by atoms with Gasteiger partial charge in [0.05, 0.1) is 11.1 Å². The molecule has 1 fully saturated rings. The summed E-state index contributed by atoms with van der Waals surface area (Å²) in [5, 5.41) is 3.05. The molecule has 2 heterocycles. The minimum Gasteiger partial charge on any atom is -0.385 e. The van der Waals surface area contributed by atoms with Crippen molar-refractivity contribution >= 4 is 17.7 Å². The first-order valence-corrected chi connectivity index (χ1v) is 11.6. The van der Waals surface area contributed by atoms with E-state index in [1.54, 1.807) is 25.3 Å². The van der Waals surface area contributed by atoms with Crippen LogP contribution in [0.4, 0.5) is 0 Å². The third-order valence-electron chi connectivity index (χ3n) is 6.44. The van der Waals surface area contributed by atoms with Crippen molar-refractivity contribution in [2.75, 3.05) is 33.4 Å². The van der Waals surface area contributed by atoms with Gasteiger partial charge in [0.15, 0.2) is 0 Å². The minimum absolute atomic E-state index is 0.221. The predicted octanol–water partition coefficient (Wildman–Crippen LogP) is 3.10. The van der Waals surface area contributed by atoms with Gasteiger partial charge in [-0.3, -0.25) is 24.2 Å². The molecular weight excluding hydrogens is 418 g/mol. The van der Waals surface area contributed by atoms with Crippen LogP contribution in [-0.4, -0.2) is 66.9 Å². The molecule has 7 heteroatoms. The quantitative estimate of drug-likeness (QED) is 0.470. The maximum Gasteiger partial charge on any atom is 0.261 e. The van der Waals surface area contributed by atoms with Crippen molar-refractivity contribution in [3.05, 3.63) is 70.8 Å². The third-order valence-corrected chi connectivity index (χ3v) is 6.44. The molecule has 1 unspecified atom stereocenters. The summed E-state index contributed by atoms with van der Waals surface area (Å²) in [7, 11) is 1.58. The van der Waals surface area contributed by atoms with Crippen LogP contribution in [0.15, 0.2) is 48.5 Å². The zero-order chi connectivity index (χ0) is 23.2. The van der Waals surface area contributed by atoms with E-state index in [4.69, 9.17) is 4.74 Å². The molecule has 0 saturated carbocycles. The van der Waals surface area contributed by atoms with Crippen LogP contribution < -0.4 is 5.32 Å². The SMILES string of the molecule is COCCCN1C(=O)c2ccc(C(=O)NCC3CCCCN3Cc3ccccc3)cc2C1=O. The Kier molecular flexibility index (Phi) is 7.52. The van der Waals surface area contributed by atoms with Crippen molar-refractivity contribution in [1.82, 2.24) is 15.1 Å². The van der Waals surface area contributed by atoms with Gasteiger partial charge in [-0.05, 0) is 49.6 Å². The number of nitrogens with zero attached hydrogens (tertiary/aromatic N) is 2. The summed E-state index contributed by atoms with van der Waals surface area (Å²) in [5.74, 6) is -0.875. The summed E-state index contributed by atoms with van der Waals surface area (Å²) in [6, 6.07) is 15.4. The number of methoxy groups -OCH3 is 1. The fraction of sp³-hybridized carbons (Fsp3) is 0.423. The molecule has 174 valence electrons. The van der Waals surface area contributed by atoms with Crippen molar-refractivity contribution in [2.24, 2.45) is 0 Å². The monoisotopic (exact) mass is 449 g/mol. The molecule has 2 aliphatic rings. The van der Waals surface area contributed by atoms with Crippen LogP contribution in [0.2, 0.25) is 0 Å². The number of fused-ring (bicyclic) bond motifs is 1. The molecule has 0 aliphatic carbocycles. The van der Waals surface area contributed by atoms with Gasteiger partial charge in [0.1, 0.15) is 0 Å². The highest BCUT2D eigenvalue weighted by Crippen LogP contribution is 2.24. The van der Waals surface area contributed by atoms with Crippen LogP contribution in [0, 0.1) is 0 Å². The summed E-state index contributed by atoms with van der Waals surface area (Å²) in [6.45, 7) is 3.22. The fourth-order valence-corrected chi connectivity index (χ4v) is 4.63. The summed E-state index contributed by atoms with van der Waals surface area (Å²) >= 11 is 0. The number of imide groups is 1. The highest BCUT2D eigenvalue weighted by Gasteiger charge is 2.35. The molecule has 1 N–H and O–H groups in total. The number of piperidine rings is 1. The first-order chi connectivity index (χ1) is 16.1. The van der Waals surface area contributed by atoms with Crippen molar-refractivity contribution in [2.45, 2.75) is 38.3 Å². The van der Waals surface area contributed by atoms with E-state index >= 15 is 0 Å². The lowest BCUT2D eigenvalue weighted by atomic mass is 10.0. The van der Waals surface area contributed by atoms with Crippen LogP contribution in [0.3, 0.4) is 0 Å². The molecule has 3 amide bonds. The van der Waals surface area contributed by atoms with E-state index in [0.717, 1.165) is 25.9 Å². The third kappa shape index (κ3) is 5.31. The van der Waals surface area contributed by atoms with Crippen LogP contribution >= 0.6 is 0 Å². The highest BCUT2D eigenvalue weighted by molar-refractivity contribution is 6.22. The van der Waals surface area contributed by atoms with E-state index in [0.29, 0.717) is 42.8 Å². The standard InChI is InChI=1S/C26H31N3O4/c1-33-15-7-14-29-25(31)22-12-11-20(16-23(22)26(29)32)24(30)27-17-21-10-5-6-13-28(21)18-19-8-3-2-4-9-19/h2-4,8-9,11-12,16,21H,5-7,10,13-15,17-18H2,1H3,(H,27,30). The Morgan fingerprint density at radius 2 is 1.85 bits per heavy atom. The van der Waals surface area contributed by atoms with Crippen molar-refractivity contribution < 1.29 is 19.1 Å². The van der Waals surface area contributed by atoms with E-state index in [1.165, 1.54) is 16.9 Å². The van der Waals surface area contributed by atoms with Gasteiger partial charge in [0, 0.05) is 45.0 Å². The molecular formula is C26H31N3O4. The number of hydrogen-bond acceptors (Lipinski definition) is 5. The first-order valence-electron chi connectivity index (χ1n) is 11.6. The van der Waals surface area contributed by atoms with Crippen LogP contribution in [0.1, 0.15) is 62.3 Å². The zero-order valence-corrected chi connectivity index (χ0v) is 19.1. The van der Waals surface area contributed by atoms with E-state index < -0.39 is 0 Å². The topological polar surface area (TPSA) is 79.0 Å². The number of nitrogens with one attached hydrogen (secondary N) is 1. The van der Waals surface area contributed by atoms with E-state index in [9.17, 15) is 14.4 Å². The molecule has 33 heavy (non-hydrogen) atoms. The minimum atomic E-state index is -0.345. The number of benzene rings is 2. The molecule has 1 atom stereocenters. The van der Waals surface area contributed by atoms with E-state index in [-0.39, 0.29) is 23.8 Å². The van der Waals surface area contributed by atoms with Gasteiger partial charge in [0.25, 0.3) is 17.7 Å².